The Morgan fingerprint density at radius 1 is 0.933 bits per heavy atom. The summed E-state index contributed by atoms with van der Waals surface area (Å²) >= 11 is 0. The van der Waals surface area contributed by atoms with E-state index in [1.807, 2.05) is 48.5 Å². The van der Waals surface area contributed by atoms with E-state index in [4.69, 9.17) is 0 Å². The number of amides is 1. The number of hydrogen-bond donors (Lipinski definition) is 1. The minimum Gasteiger partial charge on any atom is -0.325 e. The fourth-order valence-electron chi connectivity index (χ4n) is 3.34. The zero-order chi connectivity index (χ0) is 21.6. The Morgan fingerprint density at radius 3 is 2.30 bits per heavy atom. The molecule has 0 aliphatic carbocycles. The molecule has 1 amide bonds. The van der Waals surface area contributed by atoms with E-state index in [1.54, 1.807) is 25.1 Å². The van der Waals surface area contributed by atoms with E-state index < -0.39 is 10.0 Å². The van der Waals surface area contributed by atoms with Crippen LogP contribution >= 0.6 is 0 Å². The molecule has 0 unspecified atom stereocenters. The first-order valence-electron chi connectivity index (χ1n) is 10.3. The molecule has 0 aliphatic heterocycles. The highest BCUT2D eigenvalue weighted by Crippen LogP contribution is 2.22. The van der Waals surface area contributed by atoms with E-state index in [1.165, 1.54) is 9.87 Å². The Hall–Kier alpha value is -2.70. The van der Waals surface area contributed by atoms with Gasteiger partial charge < -0.3 is 5.32 Å². The highest BCUT2D eigenvalue weighted by atomic mass is 32.2. The van der Waals surface area contributed by atoms with Crippen LogP contribution in [-0.4, -0.2) is 31.7 Å². The predicted octanol–water partition coefficient (Wildman–Crippen LogP) is 4.83. The summed E-state index contributed by atoms with van der Waals surface area (Å²) in [4.78, 5) is 12.7. The van der Waals surface area contributed by atoms with Crippen LogP contribution in [0.5, 0.6) is 0 Å². The average Bonchev–Trinajstić information content (AvgIpc) is 2.76. The molecule has 0 atom stereocenters. The van der Waals surface area contributed by atoms with Gasteiger partial charge in [0.2, 0.25) is 15.9 Å². The molecule has 0 aliphatic rings. The van der Waals surface area contributed by atoms with Gasteiger partial charge >= 0.3 is 0 Å². The average molecular weight is 425 g/mol. The number of likely N-dealkylation sites (N-methyl/N-ethyl adjacent to an activating group) is 1. The summed E-state index contributed by atoms with van der Waals surface area (Å²) in [6.45, 7) is 3.86. The van der Waals surface area contributed by atoms with Crippen molar-refractivity contribution in [3.63, 3.8) is 0 Å². The summed E-state index contributed by atoms with van der Waals surface area (Å²) < 4.78 is 27.4. The number of carbonyl (C=O) groups excluding carboxylic acids is 1. The van der Waals surface area contributed by atoms with Crippen molar-refractivity contribution in [3.05, 3.63) is 72.3 Å². The van der Waals surface area contributed by atoms with Gasteiger partial charge in [0.15, 0.2) is 0 Å². The quantitative estimate of drug-likeness (QED) is 0.535. The molecule has 0 fully saturated rings. The van der Waals surface area contributed by atoms with Crippen LogP contribution in [0.4, 0.5) is 5.69 Å². The van der Waals surface area contributed by atoms with Crippen molar-refractivity contribution < 1.29 is 13.2 Å². The van der Waals surface area contributed by atoms with Gasteiger partial charge in [0.1, 0.15) is 0 Å². The van der Waals surface area contributed by atoms with Crippen molar-refractivity contribution in [3.8, 4) is 0 Å². The van der Waals surface area contributed by atoms with Gasteiger partial charge in [-0.05, 0) is 53.4 Å². The fourth-order valence-corrected chi connectivity index (χ4v) is 4.78. The molecule has 0 bridgehead atoms. The lowest BCUT2D eigenvalue weighted by Gasteiger charge is -2.20. The highest BCUT2D eigenvalue weighted by molar-refractivity contribution is 7.89. The number of benzene rings is 3. The molecule has 0 saturated carbocycles. The second kappa shape index (κ2) is 9.87. The van der Waals surface area contributed by atoms with Crippen molar-refractivity contribution in [2.75, 3.05) is 18.4 Å². The van der Waals surface area contributed by atoms with Gasteiger partial charge in [-0.2, -0.15) is 4.31 Å². The molecule has 1 N–H and O–H groups in total. The Labute approximate surface area is 178 Å². The SMILES string of the molecule is CCCCc1ccc(NC(=O)CN(CC)S(=O)(=O)c2ccc3ccccc3c2)cc1. The van der Waals surface area contributed by atoms with Gasteiger partial charge in [-0.3, -0.25) is 4.79 Å². The minimum absolute atomic E-state index is 0.191. The van der Waals surface area contributed by atoms with Gasteiger partial charge in [0.05, 0.1) is 11.4 Å². The second-order valence-corrected chi connectivity index (χ2v) is 9.23. The summed E-state index contributed by atoms with van der Waals surface area (Å²) in [6, 6.07) is 20.3. The van der Waals surface area contributed by atoms with Crippen molar-refractivity contribution in [2.24, 2.45) is 0 Å². The molecule has 0 aromatic heterocycles. The largest absolute Gasteiger partial charge is 0.325 e. The number of nitrogens with one attached hydrogen (secondary N) is 1. The van der Waals surface area contributed by atoms with E-state index in [2.05, 4.69) is 12.2 Å². The van der Waals surface area contributed by atoms with Crippen molar-refractivity contribution in [1.29, 1.82) is 0 Å². The molecule has 158 valence electrons. The predicted molar refractivity (Wildman–Crippen MR) is 122 cm³/mol. The Morgan fingerprint density at radius 2 is 1.63 bits per heavy atom. The van der Waals surface area contributed by atoms with E-state index in [9.17, 15) is 13.2 Å². The van der Waals surface area contributed by atoms with Gasteiger partial charge in [0, 0.05) is 12.2 Å². The standard InChI is InChI=1S/C24H28N2O3S/c1-3-5-8-19-11-14-22(15-12-19)25-24(27)18-26(4-2)30(28,29)23-16-13-20-9-6-7-10-21(20)17-23/h6-7,9-17H,3-5,8,18H2,1-2H3,(H,25,27). The molecule has 0 heterocycles. The third-order valence-electron chi connectivity index (χ3n) is 5.09. The smallest absolute Gasteiger partial charge is 0.243 e. The Bertz CT molecular complexity index is 1110. The first-order valence-corrected chi connectivity index (χ1v) is 11.8. The van der Waals surface area contributed by atoms with Gasteiger partial charge in [0.25, 0.3) is 0 Å². The molecule has 5 nitrogen and oxygen atoms in total. The normalized spacial score (nSPS) is 11.7. The van der Waals surface area contributed by atoms with Crippen molar-refractivity contribution in [2.45, 2.75) is 38.0 Å². The molecule has 3 aromatic carbocycles. The molecule has 30 heavy (non-hydrogen) atoms. The number of sulfonamides is 1. The molecular formula is C24H28N2O3S. The monoisotopic (exact) mass is 424 g/mol. The molecule has 3 rings (SSSR count). The number of aryl methyl sites for hydroxylation is 1. The van der Waals surface area contributed by atoms with Crippen LogP contribution < -0.4 is 5.32 Å². The lowest BCUT2D eigenvalue weighted by molar-refractivity contribution is -0.116. The highest BCUT2D eigenvalue weighted by Gasteiger charge is 2.25. The molecule has 6 heteroatoms. The summed E-state index contributed by atoms with van der Waals surface area (Å²) in [5.74, 6) is -0.359. The van der Waals surface area contributed by atoms with Gasteiger partial charge in [-0.1, -0.05) is 62.7 Å². The molecule has 3 aromatic rings. The van der Waals surface area contributed by atoms with E-state index in [0.29, 0.717) is 5.69 Å². The Balaban J connectivity index is 1.70. The van der Waals surface area contributed by atoms with E-state index in [-0.39, 0.29) is 23.9 Å². The van der Waals surface area contributed by atoms with Crippen LogP contribution in [-0.2, 0) is 21.2 Å². The van der Waals surface area contributed by atoms with Crippen LogP contribution in [0.1, 0.15) is 32.3 Å². The van der Waals surface area contributed by atoms with Crippen molar-refractivity contribution in [1.82, 2.24) is 4.31 Å². The minimum atomic E-state index is -3.77. The zero-order valence-electron chi connectivity index (χ0n) is 17.5. The topological polar surface area (TPSA) is 66.5 Å². The number of rotatable bonds is 9. The molecule has 0 radical (unpaired) electrons. The van der Waals surface area contributed by atoms with Crippen LogP contribution in [0.2, 0.25) is 0 Å². The number of unbranched alkanes of at least 4 members (excludes halogenated alkanes) is 1. The van der Waals surface area contributed by atoms with E-state index in [0.717, 1.165) is 30.0 Å². The fraction of sp³-hybridized carbons (Fsp3) is 0.292. The van der Waals surface area contributed by atoms with Gasteiger partial charge in [-0.25, -0.2) is 8.42 Å². The second-order valence-electron chi connectivity index (χ2n) is 7.29. The summed E-state index contributed by atoms with van der Waals surface area (Å²) in [5.41, 5.74) is 1.89. The number of anilines is 1. The van der Waals surface area contributed by atoms with Crippen molar-refractivity contribution >= 4 is 32.4 Å². The maximum absolute atomic E-state index is 13.1. The third kappa shape index (κ3) is 5.26. The summed E-state index contributed by atoms with van der Waals surface area (Å²) in [6.07, 6.45) is 3.28. The lowest BCUT2D eigenvalue weighted by Crippen LogP contribution is -2.37. The van der Waals surface area contributed by atoms with Crippen LogP contribution in [0.15, 0.2) is 71.6 Å². The maximum Gasteiger partial charge on any atom is 0.243 e. The molecule has 0 spiro atoms. The molecular weight excluding hydrogens is 396 g/mol. The van der Waals surface area contributed by atoms with Gasteiger partial charge in [-0.15, -0.1) is 0 Å². The van der Waals surface area contributed by atoms with Crippen LogP contribution in [0.25, 0.3) is 10.8 Å². The summed E-state index contributed by atoms with van der Waals surface area (Å²) in [7, 11) is -3.77. The number of carbonyl (C=O) groups is 1. The zero-order valence-corrected chi connectivity index (χ0v) is 18.3. The third-order valence-corrected chi connectivity index (χ3v) is 7.00. The lowest BCUT2D eigenvalue weighted by atomic mass is 10.1. The first kappa shape index (κ1) is 22.0. The van der Waals surface area contributed by atoms with E-state index >= 15 is 0 Å². The number of fused-ring (bicyclic) bond motifs is 1. The number of nitrogens with zero attached hydrogens (tertiary/aromatic N) is 1. The molecule has 0 saturated heterocycles. The Kier molecular flexibility index (Phi) is 7.24. The van der Waals surface area contributed by atoms with Crippen LogP contribution in [0.3, 0.4) is 0 Å². The maximum atomic E-state index is 13.1. The van der Waals surface area contributed by atoms with Crippen LogP contribution in [0, 0.1) is 0 Å². The number of hydrogen-bond acceptors (Lipinski definition) is 3. The summed E-state index contributed by atoms with van der Waals surface area (Å²) in [5, 5.41) is 4.62. The first-order chi connectivity index (χ1) is 14.4.